The van der Waals surface area contributed by atoms with E-state index in [1.54, 1.807) is 14.0 Å². The summed E-state index contributed by atoms with van der Waals surface area (Å²) in [6.45, 7) is 6.94. The Bertz CT molecular complexity index is 741. The Hall–Kier alpha value is -0.930. The van der Waals surface area contributed by atoms with Gasteiger partial charge in [-0.25, -0.2) is 0 Å². The Kier molecular flexibility index (Phi) is 10.1. The van der Waals surface area contributed by atoms with Gasteiger partial charge in [0, 0.05) is 0 Å². The van der Waals surface area contributed by atoms with Crippen molar-refractivity contribution in [2.75, 3.05) is 13.7 Å². The average molecular weight is 519 g/mol. The van der Waals surface area contributed by atoms with Gasteiger partial charge in [-0.3, -0.25) is 4.99 Å². The molecule has 0 radical (unpaired) electrons. The van der Waals surface area contributed by atoms with Gasteiger partial charge in [0.2, 0.25) is 0 Å². The fraction of sp³-hybridized carbons (Fsp3) is 0.958. The zero-order valence-corrected chi connectivity index (χ0v) is 22.0. The molecule has 3 fully saturated rings. The van der Waals surface area contributed by atoms with Crippen LogP contribution in [0.3, 0.4) is 0 Å². The van der Waals surface area contributed by atoms with Crippen molar-refractivity contribution in [1.29, 1.82) is 0 Å². The predicted molar refractivity (Wildman–Crippen MR) is 132 cm³/mol. The summed E-state index contributed by atoms with van der Waals surface area (Å²) in [5.41, 5.74) is 10.9. The van der Waals surface area contributed by atoms with Crippen molar-refractivity contribution in [3.63, 3.8) is 0 Å². The first kappa shape index (κ1) is 29.6. The third-order valence-electron chi connectivity index (χ3n) is 7.65. The van der Waals surface area contributed by atoms with Crippen LogP contribution in [0.4, 0.5) is 0 Å². The van der Waals surface area contributed by atoms with Gasteiger partial charge in [0.1, 0.15) is 35.9 Å². The molecular formula is C24H46N4O8. The van der Waals surface area contributed by atoms with Crippen molar-refractivity contribution in [2.45, 2.75) is 126 Å². The molecule has 2 heterocycles. The molecule has 13 atom stereocenters. The zero-order chi connectivity index (χ0) is 26.8. The van der Waals surface area contributed by atoms with Gasteiger partial charge < -0.3 is 56.2 Å². The second-order valence-corrected chi connectivity index (χ2v) is 10.8. The molecule has 1 aliphatic carbocycles. The van der Waals surface area contributed by atoms with E-state index in [1.165, 1.54) is 6.92 Å². The average Bonchev–Trinajstić information content (AvgIpc) is 2.81. The van der Waals surface area contributed by atoms with E-state index in [-0.39, 0.29) is 30.5 Å². The standard InChI is InChI=1S/C24H46N4O8/c1-6-13-7-8-14(25)22(34-13)35-18-11(2)9-15(28-21(26)12(3)29)19(16(18)30)36-23-17(31)20(27-5)24(4,32)10-33-23/h11-20,22-23,27,29-32H,6-10,25H2,1-5H3,(H2,26,28)/t11-,12?,13+,14?,15+,16?,17?,18?,19?,20+,22+,23+,24?/m0/s1. The molecule has 0 aromatic carbocycles. The van der Waals surface area contributed by atoms with Gasteiger partial charge in [0.05, 0.1) is 36.9 Å². The Morgan fingerprint density at radius 2 is 1.86 bits per heavy atom. The Morgan fingerprint density at radius 3 is 2.47 bits per heavy atom. The molecule has 12 heteroatoms. The first-order valence-electron chi connectivity index (χ1n) is 13.0. The van der Waals surface area contributed by atoms with E-state index >= 15 is 0 Å². The lowest BCUT2D eigenvalue weighted by Gasteiger charge is -2.48. The summed E-state index contributed by atoms with van der Waals surface area (Å²) in [7, 11) is 1.62. The van der Waals surface area contributed by atoms with E-state index in [4.69, 9.17) is 30.4 Å². The minimum Gasteiger partial charge on any atom is -0.388 e. The SMILES string of the molecule is CC[C@@H]1CCC(N)[C@@H](OC2C(O)C(O[C@H]3OCC(C)(O)[C@H](NC)C3O)[C@H](N=C(N)C(C)O)C[C@@H]2C)O1. The van der Waals surface area contributed by atoms with Crippen molar-refractivity contribution in [2.24, 2.45) is 22.4 Å². The first-order valence-corrected chi connectivity index (χ1v) is 13.0. The molecule has 36 heavy (non-hydrogen) atoms. The maximum Gasteiger partial charge on any atom is 0.185 e. The highest BCUT2D eigenvalue weighted by molar-refractivity contribution is 5.84. The van der Waals surface area contributed by atoms with Gasteiger partial charge in [-0.15, -0.1) is 0 Å². The number of hydrogen-bond acceptors (Lipinski definition) is 11. The van der Waals surface area contributed by atoms with Gasteiger partial charge in [0.15, 0.2) is 12.6 Å². The van der Waals surface area contributed by atoms with Gasteiger partial charge >= 0.3 is 0 Å². The molecule has 2 aliphatic heterocycles. The lowest BCUT2D eigenvalue weighted by atomic mass is 9.80. The van der Waals surface area contributed by atoms with Crippen LogP contribution in [0.2, 0.25) is 0 Å². The molecule has 0 bridgehead atoms. The van der Waals surface area contributed by atoms with E-state index in [0.29, 0.717) is 6.42 Å². The summed E-state index contributed by atoms with van der Waals surface area (Å²) in [5.74, 6) is -0.159. The molecule has 12 nitrogen and oxygen atoms in total. The highest BCUT2D eigenvalue weighted by Gasteiger charge is 2.51. The number of nitrogens with one attached hydrogen (secondary N) is 1. The van der Waals surface area contributed by atoms with Crippen LogP contribution < -0.4 is 16.8 Å². The minimum atomic E-state index is -1.32. The smallest absolute Gasteiger partial charge is 0.185 e. The lowest BCUT2D eigenvalue weighted by Crippen LogP contribution is -2.66. The molecule has 210 valence electrons. The quantitative estimate of drug-likeness (QED) is 0.147. The lowest BCUT2D eigenvalue weighted by molar-refractivity contribution is -0.309. The summed E-state index contributed by atoms with van der Waals surface area (Å²) in [5, 5.41) is 45.7. The second kappa shape index (κ2) is 12.3. The molecule has 2 saturated heterocycles. The van der Waals surface area contributed by atoms with Gasteiger partial charge in [-0.1, -0.05) is 13.8 Å². The number of amidine groups is 1. The molecular weight excluding hydrogens is 472 g/mol. The number of ether oxygens (including phenoxy) is 4. The fourth-order valence-corrected chi connectivity index (χ4v) is 5.39. The van der Waals surface area contributed by atoms with Crippen molar-refractivity contribution in [3.05, 3.63) is 0 Å². The number of nitrogens with two attached hydrogens (primary N) is 2. The molecule has 0 spiro atoms. The molecule has 3 aliphatic rings. The Morgan fingerprint density at radius 1 is 1.19 bits per heavy atom. The molecule has 1 saturated carbocycles. The van der Waals surface area contributed by atoms with Crippen LogP contribution in [-0.2, 0) is 18.9 Å². The summed E-state index contributed by atoms with van der Waals surface area (Å²) in [6, 6.07) is -1.69. The maximum atomic E-state index is 11.5. The Balaban J connectivity index is 1.83. The number of hydrogen-bond donors (Lipinski definition) is 7. The zero-order valence-electron chi connectivity index (χ0n) is 22.0. The summed E-state index contributed by atoms with van der Waals surface area (Å²) in [6.07, 6.45) is -3.98. The van der Waals surface area contributed by atoms with Crippen LogP contribution in [0, 0.1) is 5.92 Å². The maximum absolute atomic E-state index is 11.5. The third-order valence-corrected chi connectivity index (χ3v) is 7.65. The van der Waals surface area contributed by atoms with Crippen LogP contribution in [0.15, 0.2) is 4.99 Å². The largest absolute Gasteiger partial charge is 0.388 e. The summed E-state index contributed by atoms with van der Waals surface area (Å²) >= 11 is 0. The van der Waals surface area contributed by atoms with Gasteiger partial charge in [0.25, 0.3) is 0 Å². The molecule has 9 N–H and O–H groups in total. The molecule has 0 aromatic rings. The van der Waals surface area contributed by atoms with Crippen LogP contribution in [0.5, 0.6) is 0 Å². The molecule has 0 aromatic heterocycles. The van der Waals surface area contributed by atoms with Crippen molar-refractivity contribution in [3.8, 4) is 0 Å². The topological polar surface area (TPSA) is 194 Å². The van der Waals surface area contributed by atoms with Crippen LogP contribution in [0.1, 0.15) is 53.4 Å². The first-order chi connectivity index (χ1) is 16.9. The number of aliphatic hydroxyl groups is 4. The highest BCUT2D eigenvalue weighted by atomic mass is 16.7. The van der Waals surface area contributed by atoms with E-state index in [0.717, 1.165) is 19.3 Å². The van der Waals surface area contributed by atoms with Crippen molar-refractivity contribution < 1.29 is 39.4 Å². The highest BCUT2D eigenvalue weighted by Crippen LogP contribution is 2.36. The van der Waals surface area contributed by atoms with Crippen LogP contribution in [0.25, 0.3) is 0 Å². The molecule has 0 amide bonds. The number of aliphatic hydroxyl groups excluding tert-OH is 3. The number of nitrogens with zero attached hydrogens (tertiary/aromatic N) is 1. The number of likely N-dealkylation sites (N-methyl/N-ethyl adjacent to an activating group) is 1. The van der Waals surface area contributed by atoms with Crippen LogP contribution >= 0.6 is 0 Å². The van der Waals surface area contributed by atoms with Crippen molar-refractivity contribution >= 4 is 5.84 Å². The van der Waals surface area contributed by atoms with Crippen LogP contribution in [-0.4, -0.2) is 113 Å². The summed E-state index contributed by atoms with van der Waals surface area (Å²) < 4.78 is 24.1. The van der Waals surface area contributed by atoms with Crippen molar-refractivity contribution in [1.82, 2.24) is 5.32 Å². The van der Waals surface area contributed by atoms with Gasteiger partial charge in [-0.05, 0) is 52.5 Å². The monoisotopic (exact) mass is 518 g/mol. The molecule has 7 unspecified atom stereocenters. The second-order valence-electron chi connectivity index (χ2n) is 10.8. The fourth-order valence-electron chi connectivity index (χ4n) is 5.39. The number of rotatable bonds is 8. The molecule has 3 rings (SSSR count). The predicted octanol–water partition coefficient (Wildman–Crippen LogP) is -1.44. The summed E-state index contributed by atoms with van der Waals surface area (Å²) in [4.78, 5) is 4.44. The van der Waals surface area contributed by atoms with Gasteiger partial charge in [-0.2, -0.15) is 0 Å². The Labute approximate surface area is 213 Å². The van der Waals surface area contributed by atoms with E-state index in [9.17, 15) is 20.4 Å². The number of aliphatic imine (C=N–C) groups is 1. The third kappa shape index (κ3) is 6.55. The van der Waals surface area contributed by atoms with E-state index in [2.05, 4.69) is 10.3 Å². The van der Waals surface area contributed by atoms with E-state index < -0.39 is 60.8 Å². The normalized spacial score (nSPS) is 47.5. The minimum absolute atomic E-state index is 0.0111. The van der Waals surface area contributed by atoms with E-state index in [1.807, 2.05) is 13.8 Å².